The highest BCUT2D eigenvalue weighted by Crippen LogP contribution is 2.32. The highest BCUT2D eigenvalue weighted by Gasteiger charge is 2.35. The summed E-state index contributed by atoms with van der Waals surface area (Å²) in [4.78, 5) is 19.0. The number of aromatic nitrogens is 2. The highest BCUT2D eigenvalue weighted by atomic mass is 32.1. The molecule has 2 aromatic heterocycles. The summed E-state index contributed by atoms with van der Waals surface area (Å²) in [6.45, 7) is 1.80. The SMILES string of the molecule is Cc1nc(CC(=O)c2cnc(C(F)(F)F)s2)cs1. The van der Waals surface area contributed by atoms with Crippen LogP contribution in [0, 0.1) is 6.92 Å². The predicted molar refractivity (Wildman–Crippen MR) is 62.0 cm³/mol. The van der Waals surface area contributed by atoms with Crippen LogP contribution in [0.15, 0.2) is 11.6 Å². The Labute approximate surface area is 108 Å². The van der Waals surface area contributed by atoms with Gasteiger partial charge in [0.05, 0.1) is 22.0 Å². The van der Waals surface area contributed by atoms with Crippen LogP contribution in [-0.2, 0) is 12.6 Å². The molecule has 0 aromatic carbocycles. The summed E-state index contributed by atoms with van der Waals surface area (Å²) >= 11 is 1.76. The van der Waals surface area contributed by atoms with E-state index in [9.17, 15) is 18.0 Å². The second-order valence-electron chi connectivity index (χ2n) is 3.49. The quantitative estimate of drug-likeness (QED) is 0.815. The van der Waals surface area contributed by atoms with Crippen molar-refractivity contribution in [2.75, 3.05) is 0 Å². The van der Waals surface area contributed by atoms with Crippen molar-refractivity contribution < 1.29 is 18.0 Å². The summed E-state index contributed by atoms with van der Waals surface area (Å²) in [6, 6.07) is 0. The molecule has 0 aliphatic carbocycles. The van der Waals surface area contributed by atoms with Crippen molar-refractivity contribution in [3.05, 3.63) is 32.2 Å². The van der Waals surface area contributed by atoms with Gasteiger partial charge in [-0.25, -0.2) is 9.97 Å². The maximum absolute atomic E-state index is 12.3. The number of Topliss-reactive ketones (excluding diaryl/α,β-unsaturated/α-hetero) is 1. The molecular formula is C10H7F3N2OS2. The number of ketones is 1. The Morgan fingerprint density at radius 3 is 2.67 bits per heavy atom. The van der Waals surface area contributed by atoms with E-state index in [1.807, 2.05) is 0 Å². The topological polar surface area (TPSA) is 42.9 Å². The van der Waals surface area contributed by atoms with Gasteiger partial charge in [-0.2, -0.15) is 13.2 Å². The summed E-state index contributed by atoms with van der Waals surface area (Å²) in [5.74, 6) is -0.395. The van der Waals surface area contributed by atoms with Crippen LogP contribution in [0.4, 0.5) is 13.2 Å². The van der Waals surface area contributed by atoms with Gasteiger partial charge in [0.25, 0.3) is 0 Å². The highest BCUT2D eigenvalue weighted by molar-refractivity contribution is 7.13. The van der Waals surface area contributed by atoms with Gasteiger partial charge >= 0.3 is 6.18 Å². The van der Waals surface area contributed by atoms with Gasteiger partial charge in [0.2, 0.25) is 0 Å². The van der Waals surface area contributed by atoms with E-state index in [0.29, 0.717) is 17.0 Å². The Balaban J connectivity index is 2.12. The summed E-state index contributed by atoms with van der Waals surface area (Å²) in [6.07, 6.45) is -3.53. The Kier molecular flexibility index (Phi) is 3.49. The number of carbonyl (C=O) groups is 1. The maximum Gasteiger partial charge on any atom is 0.443 e. The average Bonchev–Trinajstić information content (AvgIpc) is 2.85. The molecule has 0 amide bonds. The molecule has 96 valence electrons. The monoisotopic (exact) mass is 292 g/mol. The van der Waals surface area contributed by atoms with Crippen LogP contribution in [0.3, 0.4) is 0 Å². The van der Waals surface area contributed by atoms with Gasteiger partial charge in [-0.05, 0) is 6.92 Å². The van der Waals surface area contributed by atoms with Crippen LogP contribution in [-0.4, -0.2) is 15.8 Å². The Morgan fingerprint density at radius 2 is 2.17 bits per heavy atom. The molecule has 0 unspecified atom stereocenters. The van der Waals surface area contributed by atoms with Crippen molar-refractivity contribution in [3.8, 4) is 0 Å². The third-order valence-corrected chi connectivity index (χ3v) is 3.94. The lowest BCUT2D eigenvalue weighted by molar-refractivity contribution is -0.137. The number of aryl methyl sites for hydroxylation is 1. The molecule has 0 radical (unpaired) electrons. The molecule has 0 saturated heterocycles. The molecule has 8 heteroatoms. The standard InChI is InChI=1S/C10H7F3N2OS2/c1-5-15-6(4-17-5)2-7(16)8-3-14-9(18-8)10(11,12)13/h3-4H,2H2,1H3. The zero-order chi connectivity index (χ0) is 13.3. The van der Waals surface area contributed by atoms with Crippen molar-refractivity contribution in [1.82, 2.24) is 9.97 Å². The fraction of sp³-hybridized carbons (Fsp3) is 0.300. The third-order valence-electron chi connectivity index (χ3n) is 2.03. The fourth-order valence-electron chi connectivity index (χ4n) is 1.28. The van der Waals surface area contributed by atoms with Gasteiger partial charge in [0.1, 0.15) is 0 Å². The second-order valence-corrected chi connectivity index (χ2v) is 5.58. The summed E-state index contributed by atoms with van der Waals surface area (Å²) < 4.78 is 37.0. The second kappa shape index (κ2) is 4.77. The molecule has 0 spiro atoms. The molecule has 18 heavy (non-hydrogen) atoms. The molecule has 0 aliphatic rings. The Morgan fingerprint density at radius 1 is 1.44 bits per heavy atom. The molecule has 2 rings (SSSR count). The molecule has 0 bridgehead atoms. The van der Waals surface area contributed by atoms with E-state index in [1.54, 1.807) is 12.3 Å². The number of rotatable bonds is 3. The zero-order valence-corrected chi connectivity index (χ0v) is 10.7. The van der Waals surface area contributed by atoms with Crippen LogP contribution in [0.2, 0.25) is 0 Å². The van der Waals surface area contributed by atoms with E-state index in [-0.39, 0.29) is 11.3 Å². The number of alkyl halides is 3. The van der Waals surface area contributed by atoms with Crippen LogP contribution in [0.1, 0.15) is 25.4 Å². The number of halogens is 3. The minimum atomic E-state index is -4.50. The summed E-state index contributed by atoms with van der Waals surface area (Å²) in [5, 5.41) is 1.54. The smallest absolute Gasteiger partial charge is 0.293 e. The van der Waals surface area contributed by atoms with Crippen LogP contribution >= 0.6 is 22.7 Å². The van der Waals surface area contributed by atoms with Gasteiger partial charge in [-0.3, -0.25) is 4.79 Å². The lowest BCUT2D eigenvalue weighted by Gasteiger charge is -1.98. The van der Waals surface area contributed by atoms with Gasteiger partial charge in [0, 0.05) is 11.6 Å². The minimum Gasteiger partial charge on any atom is -0.293 e. The molecule has 0 fully saturated rings. The molecular weight excluding hydrogens is 285 g/mol. The molecule has 2 heterocycles. The normalized spacial score (nSPS) is 11.8. The molecule has 0 saturated carbocycles. The first-order valence-corrected chi connectivity index (χ1v) is 6.53. The van der Waals surface area contributed by atoms with Gasteiger partial charge in [-0.1, -0.05) is 0 Å². The molecule has 0 atom stereocenters. The van der Waals surface area contributed by atoms with Crippen LogP contribution in [0.5, 0.6) is 0 Å². The van der Waals surface area contributed by atoms with Gasteiger partial charge in [0.15, 0.2) is 10.8 Å². The maximum atomic E-state index is 12.3. The lowest BCUT2D eigenvalue weighted by Crippen LogP contribution is -2.03. The number of thiazole rings is 2. The van der Waals surface area contributed by atoms with Crippen molar-refractivity contribution >= 4 is 28.5 Å². The first kappa shape index (κ1) is 13.2. The van der Waals surface area contributed by atoms with Crippen LogP contribution in [0.25, 0.3) is 0 Å². The third kappa shape index (κ3) is 2.94. The van der Waals surface area contributed by atoms with Gasteiger partial charge in [-0.15, -0.1) is 22.7 Å². The zero-order valence-electron chi connectivity index (χ0n) is 9.11. The first-order chi connectivity index (χ1) is 8.36. The average molecular weight is 292 g/mol. The lowest BCUT2D eigenvalue weighted by atomic mass is 10.2. The Bertz CT molecular complexity index is 574. The number of carbonyl (C=O) groups excluding carboxylic acids is 1. The van der Waals surface area contributed by atoms with Crippen molar-refractivity contribution in [3.63, 3.8) is 0 Å². The predicted octanol–water partition coefficient (Wildman–Crippen LogP) is 3.35. The number of nitrogens with zero attached hydrogens (tertiary/aromatic N) is 2. The van der Waals surface area contributed by atoms with Crippen LogP contribution < -0.4 is 0 Å². The van der Waals surface area contributed by atoms with Crippen molar-refractivity contribution in [1.29, 1.82) is 0 Å². The first-order valence-electron chi connectivity index (χ1n) is 4.83. The van der Waals surface area contributed by atoms with E-state index < -0.39 is 17.0 Å². The van der Waals surface area contributed by atoms with E-state index in [4.69, 9.17) is 0 Å². The van der Waals surface area contributed by atoms with Crippen molar-refractivity contribution in [2.45, 2.75) is 19.5 Å². The number of hydrogen-bond donors (Lipinski definition) is 0. The minimum absolute atomic E-state index is 0.00380. The fourth-order valence-corrected chi connectivity index (χ4v) is 2.61. The molecule has 0 N–H and O–H groups in total. The largest absolute Gasteiger partial charge is 0.443 e. The van der Waals surface area contributed by atoms with E-state index >= 15 is 0 Å². The number of hydrogen-bond acceptors (Lipinski definition) is 5. The Hall–Kier alpha value is -1.28. The molecule has 0 aliphatic heterocycles. The molecule has 2 aromatic rings. The molecule has 3 nitrogen and oxygen atoms in total. The summed E-state index contributed by atoms with van der Waals surface area (Å²) in [7, 11) is 0. The van der Waals surface area contributed by atoms with Gasteiger partial charge < -0.3 is 0 Å². The van der Waals surface area contributed by atoms with Crippen molar-refractivity contribution in [2.24, 2.45) is 0 Å². The van der Waals surface area contributed by atoms with E-state index in [1.165, 1.54) is 11.3 Å². The summed E-state index contributed by atoms with van der Waals surface area (Å²) in [5.41, 5.74) is 0.574. The van der Waals surface area contributed by atoms with E-state index in [2.05, 4.69) is 9.97 Å². The van der Waals surface area contributed by atoms with E-state index in [0.717, 1.165) is 11.2 Å².